The van der Waals surface area contributed by atoms with E-state index in [0.29, 0.717) is 17.3 Å². The highest BCUT2D eigenvalue weighted by Crippen LogP contribution is 2.15. The summed E-state index contributed by atoms with van der Waals surface area (Å²) in [6, 6.07) is 6.75. The molecule has 1 aromatic carbocycles. The smallest absolute Gasteiger partial charge is 0.243 e. The molecule has 0 aliphatic rings. The molecule has 8 heteroatoms. The van der Waals surface area contributed by atoms with E-state index in [1.54, 1.807) is 12.1 Å². The van der Waals surface area contributed by atoms with Crippen LogP contribution in [0.1, 0.15) is 29.7 Å². The Morgan fingerprint density at radius 2 is 2.00 bits per heavy atom. The van der Waals surface area contributed by atoms with Gasteiger partial charge in [0.15, 0.2) is 5.82 Å². The summed E-state index contributed by atoms with van der Waals surface area (Å²) in [5, 5.41) is 4.51. The maximum absolute atomic E-state index is 11.1. The van der Waals surface area contributed by atoms with Gasteiger partial charge in [0.25, 0.3) is 0 Å². The van der Waals surface area contributed by atoms with Crippen molar-refractivity contribution >= 4 is 21.4 Å². The summed E-state index contributed by atoms with van der Waals surface area (Å²) in [5.41, 5.74) is 6.85. The summed E-state index contributed by atoms with van der Waals surface area (Å²) in [4.78, 5) is 4.20. The summed E-state index contributed by atoms with van der Waals surface area (Å²) >= 11 is 5.82. The average molecular weight is 330 g/mol. The molecule has 0 radical (unpaired) electrons. The lowest BCUT2D eigenvalue weighted by Crippen LogP contribution is -2.16. The van der Waals surface area contributed by atoms with E-state index < -0.39 is 15.9 Å². The van der Waals surface area contributed by atoms with Gasteiger partial charge in [-0.2, -0.15) is 4.98 Å². The number of rotatable bonds is 6. The van der Waals surface area contributed by atoms with Gasteiger partial charge in [-0.05, 0) is 24.1 Å². The molecule has 0 bridgehead atoms. The SMILES string of the molecule is CS(=O)(=O)CCC(N)c1nc(Cc2ccc(Cl)cc2)no1. The van der Waals surface area contributed by atoms with E-state index in [-0.39, 0.29) is 18.1 Å². The fraction of sp³-hybridized carbons (Fsp3) is 0.385. The Balaban J connectivity index is 1.99. The van der Waals surface area contributed by atoms with Crippen LogP contribution in [0.5, 0.6) is 0 Å². The molecule has 0 amide bonds. The van der Waals surface area contributed by atoms with Crippen LogP contribution in [0.4, 0.5) is 0 Å². The van der Waals surface area contributed by atoms with E-state index in [1.165, 1.54) is 6.26 Å². The number of nitrogens with zero attached hydrogens (tertiary/aromatic N) is 2. The van der Waals surface area contributed by atoms with Gasteiger partial charge in [0.2, 0.25) is 5.89 Å². The molecule has 6 nitrogen and oxygen atoms in total. The molecule has 1 atom stereocenters. The van der Waals surface area contributed by atoms with Crippen LogP contribution in [0.3, 0.4) is 0 Å². The maximum Gasteiger partial charge on any atom is 0.243 e. The van der Waals surface area contributed by atoms with Crippen LogP contribution < -0.4 is 5.73 Å². The van der Waals surface area contributed by atoms with Gasteiger partial charge in [0, 0.05) is 17.7 Å². The van der Waals surface area contributed by atoms with Gasteiger partial charge in [-0.15, -0.1) is 0 Å². The Bertz CT molecular complexity index is 698. The fourth-order valence-corrected chi connectivity index (χ4v) is 2.55. The lowest BCUT2D eigenvalue weighted by atomic mass is 10.1. The lowest BCUT2D eigenvalue weighted by molar-refractivity contribution is 0.349. The third kappa shape index (κ3) is 5.11. The Morgan fingerprint density at radius 1 is 1.33 bits per heavy atom. The summed E-state index contributed by atoms with van der Waals surface area (Å²) in [6.07, 6.45) is 1.92. The standard InChI is InChI=1S/C13H16ClN3O3S/c1-21(18,19)7-6-11(15)13-16-12(17-20-13)8-9-2-4-10(14)5-3-9/h2-5,11H,6-8,15H2,1H3. The Morgan fingerprint density at radius 3 is 2.62 bits per heavy atom. The molecule has 0 aliphatic carbocycles. The average Bonchev–Trinajstić information content (AvgIpc) is 2.86. The Labute approximate surface area is 128 Å². The van der Waals surface area contributed by atoms with Crippen molar-refractivity contribution in [3.05, 3.63) is 46.6 Å². The van der Waals surface area contributed by atoms with E-state index in [9.17, 15) is 8.42 Å². The fourth-order valence-electron chi connectivity index (χ4n) is 1.74. The molecule has 2 rings (SSSR count). The summed E-state index contributed by atoms with van der Waals surface area (Å²) in [6.45, 7) is 0. The lowest BCUT2D eigenvalue weighted by Gasteiger charge is -2.04. The van der Waals surface area contributed by atoms with Crippen molar-refractivity contribution < 1.29 is 12.9 Å². The quantitative estimate of drug-likeness (QED) is 0.866. The third-order valence-electron chi connectivity index (χ3n) is 2.88. The molecule has 0 spiro atoms. The number of halogens is 1. The van der Waals surface area contributed by atoms with Crippen molar-refractivity contribution in [1.29, 1.82) is 0 Å². The molecule has 1 heterocycles. The van der Waals surface area contributed by atoms with Gasteiger partial charge in [0.1, 0.15) is 9.84 Å². The normalized spacial score (nSPS) is 13.3. The van der Waals surface area contributed by atoms with Crippen LogP contribution in [0, 0.1) is 0 Å². The minimum atomic E-state index is -3.06. The Hall–Kier alpha value is -1.44. The van der Waals surface area contributed by atoms with Crippen LogP contribution in [0.2, 0.25) is 5.02 Å². The molecule has 21 heavy (non-hydrogen) atoms. The second kappa shape index (κ2) is 6.55. The molecule has 0 saturated heterocycles. The molecule has 0 fully saturated rings. The first-order valence-corrected chi connectivity index (χ1v) is 8.77. The summed E-state index contributed by atoms with van der Waals surface area (Å²) in [7, 11) is -3.06. The number of hydrogen-bond donors (Lipinski definition) is 1. The first-order valence-electron chi connectivity index (χ1n) is 6.34. The topological polar surface area (TPSA) is 99.1 Å². The highest BCUT2D eigenvalue weighted by Gasteiger charge is 2.17. The first-order chi connectivity index (χ1) is 9.83. The predicted octanol–water partition coefficient (Wildman–Crippen LogP) is 1.75. The van der Waals surface area contributed by atoms with E-state index in [0.717, 1.165) is 5.56 Å². The van der Waals surface area contributed by atoms with Gasteiger partial charge >= 0.3 is 0 Å². The van der Waals surface area contributed by atoms with Crippen molar-refractivity contribution in [2.75, 3.05) is 12.0 Å². The van der Waals surface area contributed by atoms with Gasteiger partial charge in [-0.3, -0.25) is 0 Å². The van der Waals surface area contributed by atoms with Crippen molar-refractivity contribution in [3.8, 4) is 0 Å². The van der Waals surface area contributed by atoms with Gasteiger partial charge in [-0.25, -0.2) is 8.42 Å². The zero-order valence-corrected chi connectivity index (χ0v) is 13.1. The monoisotopic (exact) mass is 329 g/mol. The number of benzene rings is 1. The first kappa shape index (κ1) is 15.9. The number of hydrogen-bond acceptors (Lipinski definition) is 6. The highest BCUT2D eigenvalue weighted by atomic mass is 35.5. The van der Waals surface area contributed by atoms with E-state index in [1.807, 2.05) is 12.1 Å². The van der Waals surface area contributed by atoms with E-state index >= 15 is 0 Å². The van der Waals surface area contributed by atoms with E-state index in [2.05, 4.69) is 10.1 Å². The van der Waals surface area contributed by atoms with Crippen molar-refractivity contribution in [1.82, 2.24) is 10.1 Å². The van der Waals surface area contributed by atoms with E-state index in [4.69, 9.17) is 21.9 Å². The molecular weight excluding hydrogens is 314 g/mol. The largest absolute Gasteiger partial charge is 0.338 e. The van der Waals surface area contributed by atoms with Gasteiger partial charge < -0.3 is 10.3 Å². The molecule has 0 saturated carbocycles. The minimum Gasteiger partial charge on any atom is -0.338 e. The molecular formula is C13H16ClN3O3S. The second-order valence-corrected chi connectivity index (χ2v) is 7.57. The number of aromatic nitrogens is 2. The van der Waals surface area contributed by atoms with Crippen LogP contribution in [0.15, 0.2) is 28.8 Å². The molecule has 1 aromatic heterocycles. The highest BCUT2D eigenvalue weighted by molar-refractivity contribution is 7.90. The number of nitrogens with two attached hydrogens (primary N) is 1. The molecule has 0 aliphatic heterocycles. The van der Waals surface area contributed by atoms with Gasteiger partial charge in [-0.1, -0.05) is 28.9 Å². The van der Waals surface area contributed by atoms with Crippen molar-refractivity contribution in [3.63, 3.8) is 0 Å². The number of sulfone groups is 1. The summed E-state index contributed by atoms with van der Waals surface area (Å²) < 4.78 is 27.3. The van der Waals surface area contributed by atoms with Crippen molar-refractivity contribution in [2.24, 2.45) is 5.73 Å². The van der Waals surface area contributed by atoms with Crippen LogP contribution in [0.25, 0.3) is 0 Å². The zero-order chi connectivity index (χ0) is 15.5. The Kier molecular flexibility index (Phi) is 4.97. The second-order valence-electron chi connectivity index (χ2n) is 4.88. The minimum absolute atomic E-state index is 0.0108. The molecule has 114 valence electrons. The van der Waals surface area contributed by atoms with Gasteiger partial charge in [0.05, 0.1) is 11.8 Å². The third-order valence-corrected chi connectivity index (χ3v) is 4.11. The van der Waals surface area contributed by atoms with Crippen LogP contribution in [-0.2, 0) is 16.3 Å². The molecule has 2 aromatic rings. The van der Waals surface area contributed by atoms with Crippen molar-refractivity contribution in [2.45, 2.75) is 18.9 Å². The molecule has 1 unspecified atom stereocenters. The molecule has 2 N–H and O–H groups in total. The van der Waals surface area contributed by atoms with Crippen LogP contribution >= 0.6 is 11.6 Å². The van der Waals surface area contributed by atoms with Crippen LogP contribution in [-0.4, -0.2) is 30.6 Å². The summed E-state index contributed by atoms with van der Waals surface area (Å²) in [5.74, 6) is 0.744. The maximum atomic E-state index is 11.1. The predicted molar refractivity (Wildman–Crippen MR) is 79.8 cm³/mol. The zero-order valence-electron chi connectivity index (χ0n) is 11.5.